The van der Waals surface area contributed by atoms with E-state index in [9.17, 15) is 14.7 Å². The molecule has 1 N–H and O–H groups in total. The van der Waals surface area contributed by atoms with E-state index in [2.05, 4.69) is 0 Å². The number of carbonyl (C=O) groups is 1. The summed E-state index contributed by atoms with van der Waals surface area (Å²) in [5, 5.41) is 10.1. The molecule has 0 saturated carbocycles. The van der Waals surface area contributed by atoms with Crippen LogP contribution in [0.25, 0.3) is 11.1 Å². The summed E-state index contributed by atoms with van der Waals surface area (Å²) in [6.07, 6.45) is -0.150. The first-order valence-electron chi connectivity index (χ1n) is 8.66. The summed E-state index contributed by atoms with van der Waals surface area (Å²) in [6.45, 7) is 3.45. The van der Waals surface area contributed by atoms with Crippen molar-refractivity contribution in [2.75, 3.05) is 0 Å². The SMILES string of the molecule is CC(C)OC(=O)c1cc(-c2ccccc2)c(Cc2ccccc2O)c(=O)o1. The molecule has 0 atom stereocenters. The van der Waals surface area contributed by atoms with Gasteiger partial charge in [-0.3, -0.25) is 0 Å². The number of phenolic OH excluding ortho intramolecular Hbond substituents is 1. The van der Waals surface area contributed by atoms with Crippen molar-refractivity contribution in [3.63, 3.8) is 0 Å². The molecule has 0 saturated heterocycles. The highest BCUT2D eigenvalue weighted by Gasteiger charge is 2.20. The first-order chi connectivity index (χ1) is 13.0. The Kier molecular flexibility index (Phi) is 5.41. The number of aromatic hydroxyl groups is 1. The summed E-state index contributed by atoms with van der Waals surface area (Å²) < 4.78 is 10.4. The van der Waals surface area contributed by atoms with Crippen molar-refractivity contribution < 1.29 is 19.1 Å². The third-order valence-electron chi connectivity index (χ3n) is 4.04. The average molecular weight is 364 g/mol. The molecule has 0 bridgehead atoms. The van der Waals surface area contributed by atoms with E-state index in [1.165, 1.54) is 6.07 Å². The Balaban J connectivity index is 2.13. The Morgan fingerprint density at radius 3 is 2.41 bits per heavy atom. The van der Waals surface area contributed by atoms with Crippen LogP contribution in [-0.2, 0) is 11.2 Å². The van der Waals surface area contributed by atoms with E-state index in [0.29, 0.717) is 16.7 Å². The summed E-state index contributed by atoms with van der Waals surface area (Å²) in [4.78, 5) is 24.9. The molecule has 0 radical (unpaired) electrons. The maximum Gasteiger partial charge on any atom is 0.374 e. The van der Waals surface area contributed by atoms with Crippen LogP contribution in [0.3, 0.4) is 0 Å². The first-order valence-corrected chi connectivity index (χ1v) is 8.66. The molecule has 3 rings (SSSR count). The topological polar surface area (TPSA) is 76.7 Å². The molecule has 1 aromatic heterocycles. The number of benzene rings is 2. The predicted molar refractivity (Wildman–Crippen MR) is 102 cm³/mol. The molecule has 3 aromatic rings. The van der Waals surface area contributed by atoms with Gasteiger partial charge < -0.3 is 14.3 Å². The van der Waals surface area contributed by atoms with Gasteiger partial charge in [-0.25, -0.2) is 9.59 Å². The van der Waals surface area contributed by atoms with Crippen molar-refractivity contribution in [3.8, 4) is 16.9 Å². The second kappa shape index (κ2) is 7.91. The van der Waals surface area contributed by atoms with Crippen LogP contribution >= 0.6 is 0 Å². The van der Waals surface area contributed by atoms with Gasteiger partial charge in [0.15, 0.2) is 0 Å². The second-order valence-corrected chi connectivity index (χ2v) is 6.42. The van der Waals surface area contributed by atoms with Crippen LogP contribution in [0.1, 0.15) is 35.5 Å². The van der Waals surface area contributed by atoms with Gasteiger partial charge in [-0.05, 0) is 42.7 Å². The molecule has 0 aliphatic heterocycles. The third kappa shape index (κ3) is 4.26. The highest BCUT2D eigenvalue weighted by molar-refractivity contribution is 5.88. The lowest BCUT2D eigenvalue weighted by Crippen LogP contribution is -2.17. The lowest BCUT2D eigenvalue weighted by molar-refractivity contribution is 0.0336. The normalized spacial score (nSPS) is 10.8. The number of phenols is 1. The van der Waals surface area contributed by atoms with E-state index >= 15 is 0 Å². The number of hydrogen-bond acceptors (Lipinski definition) is 5. The summed E-state index contributed by atoms with van der Waals surface area (Å²) in [5.41, 5.74) is 1.68. The number of rotatable bonds is 5. The smallest absolute Gasteiger partial charge is 0.374 e. The molecule has 5 heteroatoms. The predicted octanol–water partition coefficient (Wildman–Crippen LogP) is 4.17. The van der Waals surface area contributed by atoms with Crippen molar-refractivity contribution in [2.24, 2.45) is 0 Å². The minimum Gasteiger partial charge on any atom is -0.508 e. The molecule has 1 heterocycles. The van der Waals surface area contributed by atoms with E-state index in [4.69, 9.17) is 9.15 Å². The van der Waals surface area contributed by atoms with Gasteiger partial charge >= 0.3 is 11.6 Å². The summed E-state index contributed by atoms with van der Waals surface area (Å²) in [7, 11) is 0. The molecule has 138 valence electrons. The Morgan fingerprint density at radius 1 is 1.07 bits per heavy atom. The van der Waals surface area contributed by atoms with Gasteiger partial charge in [0.1, 0.15) is 5.75 Å². The minimum absolute atomic E-state index is 0.0965. The van der Waals surface area contributed by atoms with Crippen molar-refractivity contribution in [2.45, 2.75) is 26.4 Å². The lowest BCUT2D eigenvalue weighted by atomic mass is 9.96. The lowest BCUT2D eigenvalue weighted by Gasteiger charge is -2.12. The maximum atomic E-state index is 12.7. The molecule has 0 spiro atoms. The fourth-order valence-electron chi connectivity index (χ4n) is 2.79. The van der Waals surface area contributed by atoms with Crippen molar-refractivity contribution >= 4 is 5.97 Å². The van der Waals surface area contributed by atoms with Crippen molar-refractivity contribution in [1.82, 2.24) is 0 Å². The number of ether oxygens (including phenoxy) is 1. The Hall–Kier alpha value is -3.34. The van der Waals surface area contributed by atoms with E-state index in [1.54, 1.807) is 38.1 Å². The highest BCUT2D eigenvalue weighted by atomic mass is 16.6. The van der Waals surface area contributed by atoms with Gasteiger partial charge in [-0.1, -0.05) is 48.5 Å². The van der Waals surface area contributed by atoms with Gasteiger partial charge in [0.05, 0.1) is 11.7 Å². The van der Waals surface area contributed by atoms with Gasteiger partial charge in [0.2, 0.25) is 5.76 Å². The zero-order valence-electron chi connectivity index (χ0n) is 15.1. The third-order valence-corrected chi connectivity index (χ3v) is 4.04. The first kappa shape index (κ1) is 18.5. The molecule has 27 heavy (non-hydrogen) atoms. The van der Waals surface area contributed by atoms with E-state index in [0.717, 1.165) is 5.56 Å². The number of carbonyl (C=O) groups excluding carboxylic acids is 1. The molecule has 0 aliphatic rings. The minimum atomic E-state index is -0.687. The number of para-hydroxylation sites is 1. The highest BCUT2D eigenvalue weighted by Crippen LogP contribution is 2.27. The molecule has 2 aromatic carbocycles. The summed E-state index contributed by atoms with van der Waals surface area (Å²) >= 11 is 0. The monoisotopic (exact) mass is 364 g/mol. The van der Waals surface area contributed by atoms with Crippen LogP contribution < -0.4 is 5.63 Å². The van der Waals surface area contributed by atoms with E-state index in [-0.39, 0.29) is 24.0 Å². The van der Waals surface area contributed by atoms with Crippen LogP contribution in [0.15, 0.2) is 69.9 Å². The molecule has 0 fully saturated rings. The zero-order valence-corrected chi connectivity index (χ0v) is 15.1. The average Bonchev–Trinajstić information content (AvgIpc) is 2.65. The van der Waals surface area contributed by atoms with E-state index < -0.39 is 11.6 Å². The van der Waals surface area contributed by atoms with Gasteiger partial charge in [0, 0.05) is 6.42 Å². The molecule has 0 aliphatic carbocycles. The van der Waals surface area contributed by atoms with Crippen LogP contribution in [-0.4, -0.2) is 17.2 Å². The standard InChI is InChI=1S/C22H20O5/c1-14(2)26-22(25)20-13-17(15-8-4-3-5-9-15)18(21(24)27-20)12-16-10-6-7-11-19(16)23/h3-11,13-14,23H,12H2,1-2H3. The van der Waals surface area contributed by atoms with Crippen molar-refractivity contribution in [1.29, 1.82) is 0 Å². The molecular weight excluding hydrogens is 344 g/mol. The number of esters is 1. The Labute approximate surface area is 156 Å². The summed E-state index contributed by atoms with van der Waals surface area (Å²) in [6, 6.07) is 17.6. The molecule has 0 amide bonds. The van der Waals surface area contributed by atoms with Crippen LogP contribution in [0.2, 0.25) is 0 Å². The van der Waals surface area contributed by atoms with Crippen molar-refractivity contribution in [3.05, 3.63) is 88.0 Å². The quantitative estimate of drug-likeness (QED) is 0.688. The zero-order chi connectivity index (χ0) is 19.4. The number of hydrogen-bond donors (Lipinski definition) is 1. The van der Waals surface area contributed by atoms with Gasteiger partial charge in [-0.2, -0.15) is 0 Å². The molecular formula is C22H20O5. The summed E-state index contributed by atoms with van der Waals surface area (Å²) in [5.74, 6) is -0.735. The largest absolute Gasteiger partial charge is 0.508 e. The molecule has 5 nitrogen and oxygen atoms in total. The Bertz CT molecular complexity index is 1000. The van der Waals surface area contributed by atoms with Gasteiger partial charge in [-0.15, -0.1) is 0 Å². The van der Waals surface area contributed by atoms with Crippen LogP contribution in [0.4, 0.5) is 0 Å². The van der Waals surface area contributed by atoms with Crippen LogP contribution in [0, 0.1) is 0 Å². The van der Waals surface area contributed by atoms with E-state index in [1.807, 2.05) is 30.3 Å². The van der Waals surface area contributed by atoms with Gasteiger partial charge in [0.25, 0.3) is 0 Å². The fraction of sp³-hybridized carbons (Fsp3) is 0.182. The second-order valence-electron chi connectivity index (χ2n) is 6.42. The Morgan fingerprint density at radius 2 is 1.74 bits per heavy atom. The molecule has 0 unspecified atom stereocenters. The van der Waals surface area contributed by atoms with Crippen LogP contribution in [0.5, 0.6) is 5.75 Å². The fourth-order valence-corrected chi connectivity index (χ4v) is 2.79. The maximum absolute atomic E-state index is 12.7.